The topological polar surface area (TPSA) is 77.1 Å². The average Bonchev–Trinajstić information content (AvgIpc) is 3.06. The van der Waals surface area contributed by atoms with Crippen LogP contribution in [0.5, 0.6) is 0 Å². The molecule has 0 radical (unpaired) electrons. The smallest absolute Gasteiger partial charge is 0.349 e. The van der Waals surface area contributed by atoms with E-state index in [0.717, 1.165) is 11.8 Å². The number of aromatic nitrogens is 2. The van der Waals surface area contributed by atoms with Gasteiger partial charge in [0.25, 0.3) is 5.91 Å². The number of imidazole rings is 1. The van der Waals surface area contributed by atoms with Crippen molar-refractivity contribution in [1.29, 1.82) is 0 Å². The number of hydrogen-bond acceptors (Lipinski definition) is 4. The maximum Gasteiger partial charge on any atom is 0.349 e. The van der Waals surface area contributed by atoms with Crippen LogP contribution in [0.2, 0.25) is 0 Å². The predicted molar refractivity (Wildman–Crippen MR) is 86.3 cm³/mol. The van der Waals surface area contributed by atoms with E-state index in [4.69, 9.17) is 4.42 Å². The molecule has 118 valence electrons. The van der Waals surface area contributed by atoms with Crippen LogP contribution in [0, 0.1) is 0 Å². The second-order valence-corrected chi connectivity index (χ2v) is 5.32. The summed E-state index contributed by atoms with van der Waals surface area (Å²) in [5.41, 5.74) is -0.133. The maximum absolute atomic E-state index is 12.4. The van der Waals surface area contributed by atoms with Crippen molar-refractivity contribution in [3.63, 3.8) is 0 Å². The lowest BCUT2D eigenvalue weighted by molar-refractivity contribution is 0.0928. The molecule has 0 unspecified atom stereocenters. The molecular weight excluding hydrogens is 294 g/mol. The van der Waals surface area contributed by atoms with E-state index in [1.807, 2.05) is 23.8 Å². The standard InChI is InChI=1S/C17H17N3O3/c1-2-13(10-20-8-7-18-11-20)19-16(21)14-9-12-5-3-4-6-15(12)23-17(14)22/h3-9,11,13H,2,10H2,1H3,(H,19,21)/t13-/m0/s1. The molecular formula is C17H17N3O3. The lowest BCUT2D eigenvalue weighted by Gasteiger charge is -2.17. The van der Waals surface area contributed by atoms with E-state index in [1.54, 1.807) is 36.8 Å². The number of amides is 1. The molecule has 1 N–H and O–H groups in total. The number of nitrogens with zero attached hydrogens (tertiary/aromatic N) is 2. The van der Waals surface area contributed by atoms with Gasteiger partial charge in [-0.2, -0.15) is 0 Å². The van der Waals surface area contributed by atoms with Crippen molar-refractivity contribution in [2.24, 2.45) is 0 Å². The van der Waals surface area contributed by atoms with Crippen LogP contribution in [0.1, 0.15) is 23.7 Å². The third-order valence-electron chi connectivity index (χ3n) is 3.70. The lowest BCUT2D eigenvalue weighted by atomic mass is 10.1. The van der Waals surface area contributed by atoms with E-state index in [-0.39, 0.29) is 11.6 Å². The van der Waals surface area contributed by atoms with Crippen LogP contribution in [0.4, 0.5) is 0 Å². The van der Waals surface area contributed by atoms with Gasteiger partial charge in [0.15, 0.2) is 0 Å². The van der Waals surface area contributed by atoms with E-state index in [0.29, 0.717) is 12.1 Å². The van der Waals surface area contributed by atoms with Crippen LogP contribution in [0.15, 0.2) is 58.3 Å². The molecule has 1 aromatic carbocycles. The Bertz CT molecular complexity index is 868. The molecule has 0 aliphatic rings. The summed E-state index contributed by atoms with van der Waals surface area (Å²) in [4.78, 5) is 28.4. The Hall–Kier alpha value is -2.89. The van der Waals surface area contributed by atoms with Crippen LogP contribution in [0.3, 0.4) is 0 Å². The minimum Gasteiger partial charge on any atom is -0.422 e. The summed E-state index contributed by atoms with van der Waals surface area (Å²) in [6, 6.07) is 8.59. The SMILES string of the molecule is CC[C@@H](Cn1ccnc1)NC(=O)c1cc2ccccc2oc1=O. The fourth-order valence-corrected chi connectivity index (χ4v) is 2.41. The van der Waals surface area contributed by atoms with E-state index in [2.05, 4.69) is 10.3 Å². The molecule has 6 heteroatoms. The second kappa shape index (κ2) is 6.48. The minimum atomic E-state index is -0.626. The van der Waals surface area contributed by atoms with Crippen LogP contribution < -0.4 is 10.9 Å². The van der Waals surface area contributed by atoms with Crippen molar-refractivity contribution in [2.45, 2.75) is 25.9 Å². The van der Waals surface area contributed by atoms with Crippen molar-refractivity contribution in [1.82, 2.24) is 14.9 Å². The molecule has 1 atom stereocenters. The van der Waals surface area contributed by atoms with Gasteiger partial charge in [-0.05, 0) is 18.6 Å². The molecule has 3 rings (SSSR count). The Morgan fingerprint density at radius 1 is 1.39 bits per heavy atom. The maximum atomic E-state index is 12.4. The first-order valence-corrected chi connectivity index (χ1v) is 7.47. The molecule has 0 bridgehead atoms. The summed E-state index contributed by atoms with van der Waals surface area (Å²) in [5, 5.41) is 3.60. The first-order valence-electron chi connectivity index (χ1n) is 7.47. The van der Waals surface area contributed by atoms with Gasteiger partial charge in [0.1, 0.15) is 11.1 Å². The van der Waals surface area contributed by atoms with Gasteiger partial charge in [-0.3, -0.25) is 4.79 Å². The normalized spacial score (nSPS) is 12.2. The average molecular weight is 311 g/mol. The molecule has 6 nitrogen and oxygen atoms in total. The number of nitrogens with one attached hydrogen (secondary N) is 1. The van der Waals surface area contributed by atoms with Crippen molar-refractivity contribution in [3.05, 3.63) is 65.0 Å². The molecule has 0 fully saturated rings. The number of carbonyl (C=O) groups is 1. The summed E-state index contributed by atoms with van der Waals surface area (Å²) >= 11 is 0. The van der Waals surface area contributed by atoms with Crippen molar-refractivity contribution in [3.8, 4) is 0 Å². The molecule has 0 aliphatic carbocycles. The zero-order chi connectivity index (χ0) is 16.2. The number of carbonyl (C=O) groups excluding carboxylic acids is 1. The van der Waals surface area contributed by atoms with Gasteiger partial charge >= 0.3 is 5.63 Å². The Balaban J connectivity index is 1.82. The fourth-order valence-electron chi connectivity index (χ4n) is 2.41. The molecule has 2 aromatic heterocycles. The third kappa shape index (κ3) is 3.31. The number of para-hydroxylation sites is 1. The number of hydrogen-bond donors (Lipinski definition) is 1. The molecule has 23 heavy (non-hydrogen) atoms. The van der Waals surface area contributed by atoms with E-state index in [9.17, 15) is 9.59 Å². The lowest BCUT2D eigenvalue weighted by Crippen LogP contribution is -2.39. The third-order valence-corrected chi connectivity index (χ3v) is 3.70. The molecule has 3 aromatic rings. The van der Waals surface area contributed by atoms with E-state index in [1.165, 1.54) is 0 Å². The first-order chi connectivity index (χ1) is 11.2. The van der Waals surface area contributed by atoms with Crippen LogP contribution in [-0.2, 0) is 6.54 Å². The monoisotopic (exact) mass is 311 g/mol. The quantitative estimate of drug-likeness (QED) is 0.733. The first kappa shape index (κ1) is 15.0. The highest BCUT2D eigenvalue weighted by Crippen LogP contribution is 2.12. The summed E-state index contributed by atoms with van der Waals surface area (Å²) in [6.07, 6.45) is 5.95. The Morgan fingerprint density at radius 3 is 2.96 bits per heavy atom. The number of fused-ring (bicyclic) bond motifs is 1. The zero-order valence-electron chi connectivity index (χ0n) is 12.7. The van der Waals surface area contributed by atoms with E-state index < -0.39 is 11.5 Å². The minimum absolute atomic E-state index is 0.0211. The summed E-state index contributed by atoms with van der Waals surface area (Å²) in [5.74, 6) is -0.420. The molecule has 2 heterocycles. The van der Waals surface area contributed by atoms with Crippen molar-refractivity contribution in [2.75, 3.05) is 0 Å². The van der Waals surface area contributed by atoms with Crippen LogP contribution in [-0.4, -0.2) is 21.5 Å². The number of rotatable bonds is 5. The fraction of sp³-hybridized carbons (Fsp3) is 0.235. The van der Waals surface area contributed by atoms with Crippen molar-refractivity contribution < 1.29 is 9.21 Å². The zero-order valence-corrected chi connectivity index (χ0v) is 12.7. The summed E-state index contributed by atoms with van der Waals surface area (Å²) in [7, 11) is 0. The van der Waals surface area contributed by atoms with Gasteiger partial charge in [0.2, 0.25) is 0 Å². The van der Waals surface area contributed by atoms with E-state index >= 15 is 0 Å². The molecule has 0 saturated carbocycles. The summed E-state index contributed by atoms with van der Waals surface area (Å²) in [6.45, 7) is 2.58. The largest absolute Gasteiger partial charge is 0.422 e. The van der Waals surface area contributed by atoms with Gasteiger partial charge in [-0.25, -0.2) is 9.78 Å². The van der Waals surface area contributed by atoms with Gasteiger partial charge < -0.3 is 14.3 Å². The summed E-state index contributed by atoms with van der Waals surface area (Å²) < 4.78 is 7.09. The van der Waals surface area contributed by atoms with Gasteiger partial charge in [-0.1, -0.05) is 25.1 Å². The highest BCUT2D eigenvalue weighted by atomic mass is 16.4. The van der Waals surface area contributed by atoms with Crippen LogP contribution in [0.25, 0.3) is 11.0 Å². The molecule has 0 saturated heterocycles. The van der Waals surface area contributed by atoms with Gasteiger partial charge in [0, 0.05) is 30.4 Å². The Kier molecular flexibility index (Phi) is 4.23. The Morgan fingerprint density at radius 2 is 2.22 bits per heavy atom. The molecule has 0 aliphatic heterocycles. The highest BCUT2D eigenvalue weighted by Gasteiger charge is 2.17. The van der Waals surface area contributed by atoms with Crippen molar-refractivity contribution >= 4 is 16.9 Å². The van der Waals surface area contributed by atoms with Crippen LogP contribution >= 0.6 is 0 Å². The Labute approximate surface area is 132 Å². The van der Waals surface area contributed by atoms with Gasteiger partial charge in [-0.15, -0.1) is 0 Å². The highest BCUT2D eigenvalue weighted by molar-refractivity contribution is 5.96. The number of benzene rings is 1. The predicted octanol–water partition coefficient (Wildman–Crippen LogP) is 2.20. The molecule has 1 amide bonds. The van der Waals surface area contributed by atoms with Gasteiger partial charge in [0.05, 0.1) is 6.33 Å². The molecule has 0 spiro atoms. The second-order valence-electron chi connectivity index (χ2n) is 5.32.